The molecule has 0 bridgehead atoms. The summed E-state index contributed by atoms with van der Waals surface area (Å²) in [7, 11) is 0. The molecule has 4 heteroatoms. The molecule has 0 unspecified atom stereocenters. The van der Waals surface area contributed by atoms with Crippen LogP contribution in [0, 0.1) is 0 Å². The molecule has 0 aliphatic carbocycles. The van der Waals surface area contributed by atoms with Crippen LogP contribution in [0.4, 0.5) is 0 Å². The second kappa shape index (κ2) is 4.99. The van der Waals surface area contributed by atoms with Crippen molar-refractivity contribution >= 4 is 21.7 Å². The number of ketones is 1. The van der Waals surface area contributed by atoms with Crippen molar-refractivity contribution in [3.05, 3.63) is 58.8 Å². The topological polar surface area (TPSA) is 33.8 Å². The Labute approximate surface area is 102 Å². The summed E-state index contributed by atoms with van der Waals surface area (Å²) < 4.78 is 2.58. The van der Waals surface area contributed by atoms with E-state index in [1.807, 2.05) is 24.3 Å². The summed E-state index contributed by atoms with van der Waals surface area (Å²) in [5.74, 6) is 0.0520. The van der Waals surface area contributed by atoms with Crippen molar-refractivity contribution < 1.29 is 9.48 Å². The van der Waals surface area contributed by atoms with Gasteiger partial charge in [-0.05, 0) is 23.3 Å². The number of Topliss-reactive ketones (excluding diaryl/α,β-unsaturated/α-hetero) is 1. The standard InChI is InChI=1S/C12H10BrN2O/c13-11-5-3-10(4-6-11)12(16)9-15-8-2-1-7-14-15/h1-8H,9H2/q+1. The van der Waals surface area contributed by atoms with E-state index in [9.17, 15) is 4.79 Å². The molecule has 0 amide bonds. The molecular weight excluding hydrogens is 268 g/mol. The molecule has 0 N–H and O–H groups in total. The van der Waals surface area contributed by atoms with Gasteiger partial charge in [0.15, 0.2) is 6.20 Å². The van der Waals surface area contributed by atoms with Crippen molar-refractivity contribution in [2.75, 3.05) is 0 Å². The van der Waals surface area contributed by atoms with Gasteiger partial charge in [-0.25, -0.2) is 0 Å². The lowest BCUT2D eigenvalue weighted by atomic mass is 10.1. The van der Waals surface area contributed by atoms with Gasteiger partial charge in [0.1, 0.15) is 0 Å². The molecule has 0 aliphatic heterocycles. The van der Waals surface area contributed by atoms with Gasteiger partial charge in [0, 0.05) is 16.1 Å². The maximum absolute atomic E-state index is 11.8. The second-order valence-electron chi connectivity index (χ2n) is 3.33. The first-order chi connectivity index (χ1) is 7.75. The van der Waals surface area contributed by atoms with E-state index in [2.05, 4.69) is 21.0 Å². The fourth-order valence-electron chi connectivity index (χ4n) is 1.33. The van der Waals surface area contributed by atoms with Gasteiger partial charge >= 0.3 is 0 Å². The van der Waals surface area contributed by atoms with Crippen molar-refractivity contribution in [3.8, 4) is 0 Å². The third kappa shape index (κ3) is 2.73. The molecule has 80 valence electrons. The molecule has 0 saturated heterocycles. The van der Waals surface area contributed by atoms with Crippen LogP contribution in [0.25, 0.3) is 0 Å². The van der Waals surface area contributed by atoms with Gasteiger partial charge in [-0.15, -0.1) is 0 Å². The van der Waals surface area contributed by atoms with Crippen molar-refractivity contribution in [2.24, 2.45) is 0 Å². The SMILES string of the molecule is O=C(C[n+]1ccccn1)c1ccc(Br)cc1. The Balaban J connectivity index is 2.12. The van der Waals surface area contributed by atoms with Crippen molar-refractivity contribution in [1.82, 2.24) is 5.10 Å². The third-order valence-electron chi connectivity index (χ3n) is 2.14. The zero-order valence-corrected chi connectivity index (χ0v) is 10.1. The summed E-state index contributed by atoms with van der Waals surface area (Å²) in [6.45, 7) is 0.266. The van der Waals surface area contributed by atoms with Gasteiger partial charge in [0.25, 0.3) is 0 Å². The van der Waals surface area contributed by atoms with Gasteiger partial charge in [0.05, 0.1) is 6.20 Å². The van der Waals surface area contributed by atoms with Crippen LogP contribution in [-0.2, 0) is 6.54 Å². The van der Waals surface area contributed by atoms with Crippen LogP contribution in [-0.4, -0.2) is 10.9 Å². The highest BCUT2D eigenvalue weighted by Gasteiger charge is 2.12. The lowest BCUT2D eigenvalue weighted by Gasteiger charge is -1.96. The van der Waals surface area contributed by atoms with E-state index < -0.39 is 0 Å². The van der Waals surface area contributed by atoms with Crippen molar-refractivity contribution in [2.45, 2.75) is 6.54 Å². The highest BCUT2D eigenvalue weighted by atomic mass is 79.9. The minimum atomic E-state index is 0.0520. The molecule has 16 heavy (non-hydrogen) atoms. The first-order valence-corrected chi connectivity index (χ1v) is 5.64. The number of nitrogens with zero attached hydrogens (tertiary/aromatic N) is 2. The highest BCUT2D eigenvalue weighted by Crippen LogP contribution is 2.10. The summed E-state index contributed by atoms with van der Waals surface area (Å²) in [5, 5.41) is 4.05. The number of carbonyl (C=O) groups excluding carboxylic acids is 1. The lowest BCUT2D eigenvalue weighted by Crippen LogP contribution is -2.40. The van der Waals surface area contributed by atoms with Crippen LogP contribution in [0.3, 0.4) is 0 Å². The maximum Gasteiger partial charge on any atom is 0.236 e. The molecule has 0 spiro atoms. The van der Waals surface area contributed by atoms with Crippen molar-refractivity contribution in [1.29, 1.82) is 0 Å². The maximum atomic E-state index is 11.8. The van der Waals surface area contributed by atoms with Gasteiger partial charge in [-0.3, -0.25) is 4.79 Å². The Kier molecular flexibility index (Phi) is 3.41. The minimum Gasteiger partial charge on any atom is -0.287 e. The molecule has 1 aromatic carbocycles. The quantitative estimate of drug-likeness (QED) is 0.635. The molecule has 1 aromatic heterocycles. The molecule has 2 rings (SSSR count). The van der Waals surface area contributed by atoms with Crippen molar-refractivity contribution in [3.63, 3.8) is 0 Å². The second-order valence-corrected chi connectivity index (χ2v) is 4.24. The molecule has 0 aliphatic rings. The number of hydrogen-bond donors (Lipinski definition) is 0. The predicted octanol–water partition coefficient (Wildman–Crippen LogP) is 2.01. The third-order valence-corrected chi connectivity index (χ3v) is 2.67. The molecule has 0 saturated carbocycles. The molecule has 2 aromatic rings. The Bertz CT molecular complexity index is 482. The molecule has 1 heterocycles. The van der Waals surface area contributed by atoms with E-state index in [-0.39, 0.29) is 12.3 Å². The van der Waals surface area contributed by atoms with E-state index in [1.54, 1.807) is 29.2 Å². The Morgan fingerprint density at radius 1 is 1.25 bits per heavy atom. The molecule has 0 radical (unpaired) electrons. The summed E-state index contributed by atoms with van der Waals surface area (Å²) in [6.07, 6.45) is 3.44. The Hall–Kier alpha value is -1.55. The zero-order chi connectivity index (χ0) is 11.4. The van der Waals surface area contributed by atoms with E-state index >= 15 is 0 Å². The number of carbonyl (C=O) groups is 1. The van der Waals surface area contributed by atoms with Crippen LogP contribution >= 0.6 is 15.9 Å². The number of hydrogen-bond acceptors (Lipinski definition) is 2. The fourth-order valence-corrected chi connectivity index (χ4v) is 1.59. The van der Waals surface area contributed by atoms with Crippen LogP contribution < -0.4 is 4.68 Å². The predicted molar refractivity (Wildman–Crippen MR) is 62.9 cm³/mol. The fraction of sp³-hybridized carbons (Fsp3) is 0.0833. The first kappa shape index (κ1) is 11.0. The summed E-state index contributed by atoms with van der Waals surface area (Å²) in [4.78, 5) is 11.8. The Morgan fingerprint density at radius 2 is 2.00 bits per heavy atom. The number of rotatable bonds is 3. The van der Waals surface area contributed by atoms with Crippen LogP contribution in [0.2, 0.25) is 0 Å². The number of benzene rings is 1. The average Bonchev–Trinajstić information content (AvgIpc) is 2.31. The first-order valence-electron chi connectivity index (χ1n) is 4.85. The smallest absolute Gasteiger partial charge is 0.236 e. The molecule has 0 fully saturated rings. The van der Waals surface area contributed by atoms with Gasteiger partial charge in [-0.1, -0.05) is 32.7 Å². The van der Waals surface area contributed by atoms with E-state index in [1.165, 1.54) is 0 Å². The van der Waals surface area contributed by atoms with Gasteiger partial charge in [-0.2, -0.15) is 0 Å². The molecular formula is C12H10BrN2O+. The number of aromatic nitrogens is 2. The largest absolute Gasteiger partial charge is 0.287 e. The molecule has 0 atom stereocenters. The monoisotopic (exact) mass is 277 g/mol. The number of halogens is 1. The van der Waals surface area contributed by atoms with Crippen LogP contribution in [0.15, 0.2) is 53.3 Å². The summed E-state index contributed by atoms with van der Waals surface area (Å²) >= 11 is 3.33. The lowest BCUT2D eigenvalue weighted by molar-refractivity contribution is -0.741. The summed E-state index contributed by atoms with van der Waals surface area (Å²) in [6, 6.07) is 11.0. The van der Waals surface area contributed by atoms with Gasteiger partial charge < -0.3 is 0 Å². The average molecular weight is 278 g/mol. The Morgan fingerprint density at radius 3 is 2.62 bits per heavy atom. The van der Waals surface area contributed by atoms with E-state index in [0.717, 1.165) is 4.47 Å². The normalized spacial score (nSPS) is 10.1. The zero-order valence-electron chi connectivity index (χ0n) is 8.51. The van der Waals surface area contributed by atoms with Gasteiger partial charge in [0.2, 0.25) is 12.3 Å². The molecule has 3 nitrogen and oxygen atoms in total. The highest BCUT2D eigenvalue weighted by molar-refractivity contribution is 9.10. The van der Waals surface area contributed by atoms with Crippen LogP contribution in [0.1, 0.15) is 10.4 Å². The van der Waals surface area contributed by atoms with E-state index in [0.29, 0.717) is 5.56 Å². The van der Waals surface area contributed by atoms with Crippen LogP contribution in [0.5, 0.6) is 0 Å². The summed E-state index contributed by atoms with van der Waals surface area (Å²) in [5.41, 5.74) is 0.696. The minimum absolute atomic E-state index is 0.0520. The van der Waals surface area contributed by atoms with E-state index in [4.69, 9.17) is 0 Å².